The lowest BCUT2D eigenvalue weighted by Crippen LogP contribution is -2.04. The molecule has 3 rings (SSSR count). The van der Waals surface area contributed by atoms with Crippen LogP contribution >= 0.6 is 11.8 Å². The van der Waals surface area contributed by atoms with Gasteiger partial charge in [0, 0.05) is 12.2 Å². The molecule has 0 amide bonds. The van der Waals surface area contributed by atoms with E-state index in [0.29, 0.717) is 0 Å². The van der Waals surface area contributed by atoms with Crippen LogP contribution in [0.25, 0.3) is 0 Å². The topological polar surface area (TPSA) is 21.6 Å². The van der Waals surface area contributed by atoms with Gasteiger partial charge in [-0.1, -0.05) is 65.8 Å². The summed E-state index contributed by atoms with van der Waals surface area (Å²) in [6.07, 6.45) is 0.877. The molecule has 0 aliphatic carbocycles. The molecule has 0 N–H and O–H groups in total. The Morgan fingerprint density at radius 2 is 1.68 bits per heavy atom. The van der Waals surface area contributed by atoms with Crippen molar-refractivity contribution in [2.75, 3.05) is 0 Å². The van der Waals surface area contributed by atoms with E-state index in [-0.39, 0.29) is 5.44 Å². The normalized spacial score (nSPS) is 17.9. The number of hydrogen-bond donors (Lipinski definition) is 0. The van der Waals surface area contributed by atoms with Crippen LogP contribution in [-0.4, -0.2) is 11.1 Å². The Bertz CT molecular complexity index is 553. The maximum absolute atomic E-state index is 5.49. The molecule has 0 aromatic heterocycles. The highest BCUT2D eigenvalue weighted by atomic mass is 32.2. The molecule has 0 radical (unpaired) electrons. The van der Waals surface area contributed by atoms with Crippen molar-refractivity contribution in [3.8, 4) is 0 Å². The summed E-state index contributed by atoms with van der Waals surface area (Å²) in [6.45, 7) is 0. The zero-order valence-corrected chi connectivity index (χ0v) is 11.3. The third-order valence-corrected chi connectivity index (χ3v) is 4.15. The van der Waals surface area contributed by atoms with Gasteiger partial charge in [0.15, 0.2) is 5.44 Å². The lowest BCUT2D eigenvalue weighted by Gasteiger charge is -2.07. The molecular formula is C16H15NOS. The third-order valence-electron chi connectivity index (χ3n) is 3.03. The Hall–Kier alpha value is -1.74. The maximum atomic E-state index is 5.49. The quantitative estimate of drug-likeness (QED) is 0.834. The second-order valence-corrected chi connectivity index (χ2v) is 5.59. The second-order valence-electron chi connectivity index (χ2n) is 4.44. The maximum Gasteiger partial charge on any atom is 0.178 e. The summed E-state index contributed by atoms with van der Waals surface area (Å²) < 4.78 is 0. The zero-order chi connectivity index (χ0) is 12.9. The summed E-state index contributed by atoms with van der Waals surface area (Å²) in [4.78, 5) is 5.49. The molecule has 3 heteroatoms. The summed E-state index contributed by atoms with van der Waals surface area (Å²) in [7, 11) is 0. The lowest BCUT2D eigenvalue weighted by atomic mass is 10.1. The van der Waals surface area contributed by atoms with E-state index in [1.807, 2.05) is 24.3 Å². The van der Waals surface area contributed by atoms with Crippen LogP contribution in [0.2, 0.25) is 0 Å². The molecule has 0 spiro atoms. The van der Waals surface area contributed by atoms with Gasteiger partial charge in [-0.05, 0) is 11.1 Å². The van der Waals surface area contributed by atoms with E-state index in [2.05, 4.69) is 41.6 Å². The third kappa shape index (κ3) is 3.18. The zero-order valence-electron chi connectivity index (χ0n) is 10.5. The van der Waals surface area contributed by atoms with E-state index < -0.39 is 0 Å². The smallest absolute Gasteiger partial charge is 0.178 e. The molecule has 19 heavy (non-hydrogen) atoms. The lowest BCUT2D eigenvalue weighted by molar-refractivity contribution is 0.148. The highest BCUT2D eigenvalue weighted by molar-refractivity contribution is 7.99. The van der Waals surface area contributed by atoms with Gasteiger partial charge in [-0.3, -0.25) is 0 Å². The molecule has 1 aliphatic rings. The van der Waals surface area contributed by atoms with Gasteiger partial charge in [0.2, 0.25) is 0 Å². The van der Waals surface area contributed by atoms with Gasteiger partial charge in [-0.2, -0.15) is 0 Å². The van der Waals surface area contributed by atoms with Crippen molar-refractivity contribution in [2.45, 2.75) is 17.6 Å². The van der Waals surface area contributed by atoms with Gasteiger partial charge in [-0.25, -0.2) is 0 Å². The van der Waals surface area contributed by atoms with Crippen molar-refractivity contribution in [3.63, 3.8) is 0 Å². The predicted octanol–water partition coefficient (Wildman–Crippen LogP) is 4.07. The number of benzene rings is 2. The van der Waals surface area contributed by atoms with E-state index in [0.717, 1.165) is 23.4 Å². The van der Waals surface area contributed by atoms with Crippen molar-refractivity contribution in [1.82, 2.24) is 0 Å². The number of nitrogens with zero attached hydrogens (tertiary/aromatic N) is 1. The van der Waals surface area contributed by atoms with Crippen LogP contribution in [0.3, 0.4) is 0 Å². The molecule has 0 saturated carbocycles. The minimum Gasteiger partial charge on any atom is -0.381 e. The van der Waals surface area contributed by atoms with Gasteiger partial charge >= 0.3 is 0 Å². The van der Waals surface area contributed by atoms with Crippen LogP contribution in [0.4, 0.5) is 0 Å². The van der Waals surface area contributed by atoms with Gasteiger partial charge in [-0.15, -0.1) is 11.8 Å². The minimum absolute atomic E-state index is 0.135. The second kappa shape index (κ2) is 5.93. The Balaban J connectivity index is 1.54. The standard InChI is InChI=1S/C16H15NOS/c1-3-7-13(8-4-1)12-19-16-11-15(17-18-16)14-9-5-2-6-10-14/h1-10,16H,11-12H2. The van der Waals surface area contributed by atoms with E-state index in [4.69, 9.17) is 4.84 Å². The first-order valence-electron chi connectivity index (χ1n) is 6.35. The highest BCUT2D eigenvalue weighted by Gasteiger charge is 2.22. The molecule has 2 aromatic carbocycles. The van der Waals surface area contributed by atoms with E-state index in [9.17, 15) is 0 Å². The van der Waals surface area contributed by atoms with Crippen molar-refractivity contribution >= 4 is 17.5 Å². The largest absolute Gasteiger partial charge is 0.381 e. The van der Waals surface area contributed by atoms with E-state index in [1.165, 1.54) is 5.56 Å². The molecule has 0 saturated heterocycles. The van der Waals surface area contributed by atoms with E-state index >= 15 is 0 Å². The first-order valence-corrected chi connectivity index (χ1v) is 7.40. The van der Waals surface area contributed by atoms with E-state index in [1.54, 1.807) is 11.8 Å². The van der Waals surface area contributed by atoms with Gasteiger partial charge in [0.05, 0.1) is 5.71 Å². The Kier molecular flexibility index (Phi) is 3.84. The fraction of sp³-hybridized carbons (Fsp3) is 0.188. The van der Waals surface area contributed by atoms with Crippen molar-refractivity contribution < 1.29 is 4.84 Å². The number of rotatable bonds is 4. The molecule has 96 valence electrons. The molecule has 0 fully saturated rings. The van der Waals surface area contributed by atoms with Crippen LogP contribution in [0.1, 0.15) is 17.5 Å². The molecule has 2 nitrogen and oxygen atoms in total. The molecule has 1 atom stereocenters. The number of hydrogen-bond acceptors (Lipinski definition) is 3. The summed E-state index contributed by atoms with van der Waals surface area (Å²) in [5.74, 6) is 0.961. The summed E-state index contributed by atoms with van der Waals surface area (Å²) in [6, 6.07) is 20.7. The van der Waals surface area contributed by atoms with Crippen LogP contribution in [-0.2, 0) is 10.6 Å². The summed E-state index contributed by atoms with van der Waals surface area (Å²) >= 11 is 1.80. The number of thioether (sulfide) groups is 1. The van der Waals surface area contributed by atoms with Crippen LogP contribution in [0.5, 0.6) is 0 Å². The minimum atomic E-state index is 0.135. The first-order chi connectivity index (χ1) is 9.42. The molecule has 1 unspecified atom stereocenters. The average Bonchev–Trinajstić information content (AvgIpc) is 2.96. The van der Waals surface area contributed by atoms with Crippen LogP contribution in [0, 0.1) is 0 Å². The molecular weight excluding hydrogens is 254 g/mol. The van der Waals surface area contributed by atoms with Crippen molar-refractivity contribution in [1.29, 1.82) is 0 Å². The van der Waals surface area contributed by atoms with Crippen LogP contribution in [0.15, 0.2) is 65.8 Å². The van der Waals surface area contributed by atoms with Crippen molar-refractivity contribution in [2.24, 2.45) is 5.16 Å². The molecule has 1 heterocycles. The highest BCUT2D eigenvalue weighted by Crippen LogP contribution is 2.27. The fourth-order valence-corrected chi connectivity index (χ4v) is 2.96. The SMILES string of the molecule is c1ccc(CSC2CC(c3ccccc3)=NO2)cc1. The Morgan fingerprint density at radius 3 is 2.42 bits per heavy atom. The Labute approximate surface area is 117 Å². The molecule has 2 aromatic rings. The monoisotopic (exact) mass is 269 g/mol. The predicted molar refractivity (Wildman–Crippen MR) is 80.2 cm³/mol. The van der Waals surface area contributed by atoms with Gasteiger partial charge in [0.1, 0.15) is 0 Å². The summed E-state index contributed by atoms with van der Waals surface area (Å²) in [5.41, 5.74) is 3.66. The average molecular weight is 269 g/mol. The first kappa shape index (κ1) is 12.3. The fourth-order valence-electron chi connectivity index (χ4n) is 2.01. The number of oxime groups is 1. The van der Waals surface area contributed by atoms with Crippen molar-refractivity contribution in [3.05, 3.63) is 71.8 Å². The van der Waals surface area contributed by atoms with Gasteiger partial charge < -0.3 is 4.84 Å². The molecule has 0 bridgehead atoms. The Morgan fingerprint density at radius 1 is 1.00 bits per heavy atom. The van der Waals surface area contributed by atoms with Crippen LogP contribution < -0.4 is 0 Å². The van der Waals surface area contributed by atoms with Gasteiger partial charge in [0.25, 0.3) is 0 Å². The molecule has 1 aliphatic heterocycles. The summed E-state index contributed by atoms with van der Waals surface area (Å²) in [5, 5.41) is 4.20.